The highest BCUT2D eigenvalue weighted by molar-refractivity contribution is 5.32. The van der Waals surface area contributed by atoms with Crippen molar-refractivity contribution < 1.29 is 0 Å². The van der Waals surface area contributed by atoms with Crippen LogP contribution in [0.4, 0.5) is 5.95 Å². The van der Waals surface area contributed by atoms with Gasteiger partial charge in [-0.3, -0.25) is 4.57 Å². The van der Waals surface area contributed by atoms with Gasteiger partial charge in [-0.1, -0.05) is 24.3 Å². The molecule has 2 aromatic rings. The summed E-state index contributed by atoms with van der Waals surface area (Å²) in [5.41, 5.74) is 2.80. The highest BCUT2D eigenvalue weighted by Gasteiger charge is 2.24. The Morgan fingerprint density at radius 1 is 1.25 bits per heavy atom. The zero-order chi connectivity index (χ0) is 13.9. The normalized spacial score (nSPS) is 17.8. The molecule has 0 aliphatic carbocycles. The number of hydrogen-bond donors (Lipinski definition) is 2. The minimum Gasteiger partial charge on any atom is -0.355 e. The molecule has 0 amide bonds. The molecule has 1 atom stereocenters. The Hall–Kier alpha value is -1.88. The van der Waals surface area contributed by atoms with Crippen LogP contribution < -0.4 is 10.6 Å². The highest BCUT2D eigenvalue weighted by Crippen LogP contribution is 2.26. The van der Waals surface area contributed by atoms with Gasteiger partial charge in [0.05, 0.1) is 6.04 Å². The number of rotatable bonds is 4. The van der Waals surface area contributed by atoms with Gasteiger partial charge in [-0.15, -0.1) is 10.2 Å². The molecule has 106 valence electrons. The third-order valence-electron chi connectivity index (χ3n) is 3.82. The Morgan fingerprint density at radius 2 is 2.05 bits per heavy atom. The first kappa shape index (κ1) is 13.1. The summed E-state index contributed by atoms with van der Waals surface area (Å²) < 4.78 is 2.16. The predicted molar refractivity (Wildman–Crippen MR) is 79.6 cm³/mol. The maximum absolute atomic E-state index is 4.39. The Labute approximate surface area is 119 Å². The molecule has 5 heteroatoms. The van der Waals surface area contributed by atoms with Gasteiger partial charge in [-0.2, -0.15) is 0 Å². The van der Waals surface area contributed by atoms with Crippen LogP contribution >= 0.6 is 0 Å². The molecule has 0 radical (unpaired) electrons. The third kappa shape index (κ3) is 2.29. The summed E-state index contributed by atoms with van der Waals surface area (Å²) in [5.74, 6) is 1.89. The largest absolute Gasteiger partial charge is 0.355 e. The van der Waals surface area contributed by atoms with Gasteiger partial charge in [0.15, 0.2) is 5.82 Å². The van der Waals surface area contributed by atoms with E-state index in [1.54, 1.807) is 0 Å². The first-order valence-corrected chi connectivity index (χ1v) is 7.30. The first-order chi connectivity index (χ1) is 9.83. The van der Waals surface area contributed by atoms with Crippen LogP contribution in [-0.2, 0) is 19.5 Å². The van der Waals surface area contributed by atoms with E-state index in [0.717, 1.165) is 37.8 Å². The van der Waals surface area contributed by atoms with Crippen molar-refractivity contribution in [3.8, 4) is 0 Å². The smallest absolute Gasteiger partial charge is 0.224 e. The molecule has 1 aliphatic heterocycles. The summed E-state index contributed by atoms with van der Waals surface area (Å²) in [7, 11) is 0. The molecule has 0 fully saturated rings. The zero-order valence-electron chi connectivity index (χ0n) is 12.1. The molecule has 0 saturated carbocycles. The van der Waals surface area contributed by atoms with E-state index >= 15 is 0 Å². The Morgan fingerprint density at radius 3 is 2.80 bits per heavy atom. The first-order valence-electron chi connectivity index (χ1n) is 7.30. The maximum Gasteiger partial charge on any atom is 0.224 e. The summed E-state index contributed by atoms with van der Waals surface area (Å²) >= 11 is 0. The number of aromatic nitrogens is 3. The molecule has 0 spiro atoms. The van der Waals surface area contributed by atoms with Crippen molar-refractivity contribution in [3.05, 3.63) is 41.2 Å². The van der Waals surface area contributed by atoms with Crippen LogP contribution in [0.1, 0.15) is 36.8 Å². The van der Waals surface area contributed by atoms with E-state index in [1.165, 1.54) is 11.1 Å². The predicted octanol–water partition coefficient (Wildman–Crippen LogP) is 2.12. The summed E-state index contributed by atoms with van der Waals surface area (Å²) in [6, 6.07) is 8.84. The second-order valence-electron chi connectivity index (χ2n) is 5.06. The van der Waals surface area contributed by atoms with Crippen LogP contribution in [0.2, 0.25) is 0 Å². The molecule has 0 saturated heterocycles. The fourth-order valence-corrected chi connectivity index (χ4v) is 2.81. The average molecular weight is 271 g/mol. The minimum absolute atomic E-state index is 0.241. The van der Waals surface area contributed by atoms with E-state index in [-0.39, 0.29) is 6.04 Å². The van der Waals surface area contributed by atoms with Crippen LogP contribution in [0.25, 0.3) is 0 Å². The third-order valence-corrected chi connectivity index (χ3v) is 3.82. The van der Waals surface area contributed by atoms with Crippen LogP contribution in [0.3, 0.4) is 0 Å². The van der Waals surface area contributed by atoms with E-state index in [1.807, 2.05) is 0 Å². The van der Waals surface area contributed by atoms with Crippen LogP contribution in [0.15, 0.2) is 24.3 Å². The molecule has 3 rings (SSSR count). The monoisotopic (exact) mass is 271 g/mol. The SMILES string of the molecule is CCNc1nnc([C@H]2Cc3ccccc3CN2)n1CC. The summed E-state index contributed by atoms with van der Waals surface area (Å²) in [4.78, 5) is 0. The fraction of sp³-hybridized carbons (Fsp3) is 0.467. The zero-order valence-corrected chi connectivity index (χ0v) is 12.1. The summed E-state index contributed by atoms with van der Waals surface area (Å²) in [6.07, 6.45) is 0.973. The van der Waals surface area contributed by atoms with Gasteiger partial charge in [0, 0.05) is 19.6 Å². The second kappa shape index (κ2) is 5.63. The quantitative estimate of drug-likeness (QED) is 0.894. The van der Waals surface area contributed by atoms with E-state index in [0.29, 0.717) is 0 Å². The Bertz CT molecular complexity index is 590. The molecular formula is C15H21N5. The molecule has 1 aliphatic rings. The molecule has 2 heterocycles. The second-order valence-corrected chi connectivity index (χ2v) is 5.06. The number of hydrogen-bond acceptors (Lipinski definition) is 4. The Balaban J connectivity index is 1.88. The van der Waals surface area contributed by atoms with Crippen LogP contribution in [-0.4, -0.2) is 21.3 Å². The van der Waals surface area contributed by atoms with E-state index in [2.05, 4.69) is 63.5 Å². The molecule has 20 heavy (non-hydrogen) atoms. The van der Waals surface area contributed by atoms with E-state index < -0.39 is 0 Å². The number of fused-ring (bicyclic) bond motifs is 1. The van der Waals surface area contributed by atoms with Gasteiger partial charge in [0.2, 0.25) is 5.95 Å². The molecule has 1 aromatic carbocycles. The van der Waals surface area contributed by atoms with Crippen molar-refractivity contribution in [2.45, 2.75) is 39.4 Å². The van der Waals surface area contributed by atoms with Gasteiger partial charge >= 0.3 is 0 Å². The highest BCUT2D eigenvalue weighted by atomic mass is 15.4. The number of nitrogens with zero attached hydrogens (tertiary/aromatic N) is 3. The number of nitrogens with one attached hydrogen (secondary N) is 2. The van der Waals surface area contributed by atoms with Gasteiger partial charge in [0.1, 0.15) is 0 Å². The molecule has 0 unspecified atom stereocenters. The van der Waals surface area contributed by atoms with Gasteiger partial charge in [-0.25, -0.2) is 0 Å². The lowest BCUT2D eigenvalue weighted by Crippen LogP contribution is -2.30. The lowest BCUT2D eigenvalue weighted by molar-refractivity contribution is 0.457. The summed E-state index contributed by atoms with van der Waals surface area (Å²) in [5, 5.41) is 15.5. The van der Waals surface area contributed by atoms with Crippen molar-refractivity contribution in [2.24, 2.45) is 0 Å². The maximum atomic E-state index is 4.39. The van der Waals surface area contributed by atoms with Crippen molar-refractivity contribution in [3.63, 3.8) is 0 Å². The minimum atomic E-state index is 0.241. The lowest BCUT2D eigenvalue weighted by Gasteiger charge is -2.25. The number of benzene rings is 1. The molecular weight excluding hydrogens is 250 g/mol. The molecule has 0 bridgehead atoms. The van der Waals surface area contributed by atoms with Crippen molar-refractivity contribution in [2.75, 3.05) is 11.9 Å². The van der Waals surface area contributed by atoms with Crippen LogP contribution in [0, 0.1) is 0 Å². The molecule has 5 nitrogen and oxygen atoms in total. The van der Waals surface area contributed by atoms with Crippen molar-refractivity contribution >= 4 is 5.95 Å². The number of anilines is 1. The molecule has 1 aromatic heterocycles. The van der Waals surface area contributed by atoms with E-state index in [4.69, 9.17) is 0 Å². The lowest BCUT2D eigenvalue weighted by atomic mass is 9.95. The summed E-state index contributed by atoms with van der Waals surface area (Å²) in [6.45, 7) is 6.84. The van der Waals surface area contributed by atoms with Crippen LogP contribution in [0.5, 0.6) is 0 Å². The topological polar surface area (TPSA) is 54.8 Å². The fourth-order valence-electron chi connectivity index (χ4n) is 2.81. The Kier molecular flexibility index (Phi) is 3.69. The van der Waals surface area contributed by atoms with Gasteiger partial charge in [0.25, 0.3) is 0 Å². The van der Waals surface area contributed by atoms with Crippen molar-refractivity contribution in [1.29, 1.82) is 0 Å². The molecule has 2 N–H and O–H groups in total. The van der Waals surface area contributed by atoms with Gasteiger partial charge in [-0.05, 0) is 31.4 Å². The standard InChI is InChI=1S/C15H21N5/c1-3-16-15-19-18-14(20(15)4-2)13-9-11-7-5-6-8-12(11)10-17-13/h5-8,13,17H,3-4,9-10H2,1-2H3,(H,16,19)/t13-/m1/s1. The van der Waals surface area contributed by atoms with E-state index in [9.17, 15) is 0 Å². The van der Waals surface area contributed by atoms with Crippen molar-refractivity contribution in [1.82, 2.24) is 20.1 Å². The average Bonchev–Trinajstić information content (AvgIpc) is 2.90. The van der Waals surface area contributed by atoms with Gasteiger partial charge < -0.3 is 10.6 Å².